The molecule has 0 spiro atoms. The Morgan fingerprint density at radius 2 is 1.72 bits per heavy atom. The number of aryl methyl sites for hydroxylation is 1. The Balaban J connectivity index is 1.71. The van der Waals surface area contributed by atoms with E-state index in [1.54, 1.807) is 12.4 Å². The van der Waals surface area contributed by atoms with Crippen LogP contribution in [-0.2, 0) is 0 Å². The van der Waals surface area contributed by atoms with E-state index in [1.807, 2.05) is 36.1 Å². The van der Waals surface area contributed by atoms with Crippen molar-refractivity contribution in [3.8, 4) is 11.1 Å². The van der Waals surface area contributed by atoms with E-state index in [0.29, 0.717) is 18.1 Å². The number of nitrogens with one attached hydrogen (secondary N) is 1. The number of nitrogens with zero attached hydrogens (tertiary/aromatic N) is 3. The normalized spacial score (nSPS) is 10.6. The van der Waals surface area contributed by atoms with Gasteiger partial charge in [-0.3, -0.25) is 4.79 Å². The molecule has 0 aliphatic carbocycles. The van der Waals surface area contributed by atoms with E-state index >= 15 is 0 Å². The molecule has 5 nitrogen and oxygen atoms in total. The minimum absolute atomic E-state index is 0.0558. The van der Waals surface area contributed by atoms with E-state index in [1.165, 1.54) is 5.56 Å². The molecular formula is C24H28N4O. The zero-order valence-electron chi connectivity index (χ0n) is 17.4. The van der Waals surface area contributed by atoms with Crippen LogP contribution in [0.3, 0.4) is 0 Å². The lowest BCUT2D eigenvalue weighted by Crippen LogP contribution is -2.31. The Hall–Kier alpha value is -3.21. The van der Waals surface area contributed by atoms with Gasteiger partial charge in [-0.1, -0.05) is 49.2 Å². The highest BCUT2D eigenvalue weighted by Gasteiger charge is 2.14. The van der Waals surface area contributed by atoms with Crippen LogP contribution in [0, 0.1) is 6.92 Å². The van der Waals surface area contributed by atoms with E-state index in [0.717, 1.165) is 36.2 Å². The summed E-state index contributed by atoms with van der Waals surface area (Å²) in [4.78, 5) is 23.5. The number of benzene rings is 2. The largest absolute Gasteiger partial charge is 0.339 e. The molecule has 0 saturated carbocycles. The van der Waals surface area contributed by atoms with Gasteiger partial charge >= 0.3 is 0 Å². The molecule has 0 unspecified atom stereocenters. The van der Waals surface area contributed by atoms with Crippen LogP contribution in [-0.4, -0.2) is 33.9 Å². The van der Waals surface area contributed by atoms with Gasteiger partial charge in [0.15, 0.2) is 0 Å². The number of aromatic nitrogens is 2. The predicted octanol–water partition coefficient (Wildman–Crippen LogP) is 5.46. The summed E-state index contributed by atoms with van der Waals surface area (Å²) in [5.74, 6) is 0.559. The van der Waals surface area contributed by atoms with Crippen LogP contribution in [0.5, 0.6) is 0 Å². The Kier molecular flexibility index (Phi) is 6.95. The highest BCUT2D eigenvalue weighted by Crippen LogP contribution is 2.20. The molecule has 2 aromatic carbocycles. The van der Waals surface area contributed by atoms with E-state index in [-0.39, 0.29) is 5.91 Å². The average molecular weight is 389 g/mol. The topological polar surface area (TPSA) is 58.1 Å². The van der Waals surface area contributed by atoms with Crippen molar-refractivity contribution in [2.24, 2.45) is 0 Å². The average Bonchev–Trinajstić information content (AvgIpc) is 2.75. The third kappa shape index (κ3) is 5.41. The summed E-state index contributed by atoms with van der Waals surface area (Å²) in [5, 5.41) is 3.19. The SMILES string of the molecule is CCCCN(CC)C(=O)c1cccc(Nc2ncc(-c3ccc(C)cc3)cn2)c1. The molecule has 0 atom stereocenters. The molecule has 1 heterocycles. The molecule has 0 radical (unpaired) electrons. The second-order valence-corrected chi connectivity index (χ2v) is 7.11. The minimum atomic E-state index is 0.0558. The Morgan fingerprint density at radius 3 is 2.38 bits per heavy atom. The highest BCUT2D eigenvalue weighted by molar-refractivity contribution is 5.95. The van der Waals surface area contributed by atoms with E-state index < -0.39 is 0 Å². The number of unbranched alkanes of at least 4 members (excludes halogenated alkanes) is 1. The molecule has 0 bridgehead atoms. The van der Waals surface area contributed by atoms with Crippen molar-refractivity contribution in [3.63, 3.8) is 0 Å². The number of anilines is 2. The van der Waals surface area contributed by atoms with Crippen LogP contribution in [0.2, 0.25) is 0 Å². The third-order valence-electron chi connectivity index (χ3n) is 4.85. The van der Waals surface area contributed by atoms with Gasteiger partial charge in [-0.05, 0) is 44.0 Å². The summed E-state index contributed by atoms with van der Waals surface area (Å²) in [6.07, 6.45) is 5.69. The molecule has 1 aromatic heterocycles. The van der Waals surface area contributed by atoms with Crippen LogP contribution in [0.25, 0.3) is 11.1 Å². The molecule has 5 heteroatoms. The third-order valence-corrected chi connectivity index (χ3v) is 4.85. The van der Waals surface area contributed by atoms with Crippen molar-refractivity contribution in [1.29, 1.82) is 0 Å². The zero-order valence-corrected chi connectivity index (χ0v) is 17.4. The monoisotopic (exact) mass is 388 g/mol. The lowest BCUT2D eigenvalue weighted by molar-refractivity contribution is 0.0762. The number of rotatable bonds is 8. The molecule has 3 aromatic rings. The molecule has 29 heavy (non-hydrogen) atoms. The van der Waals surface area contributed by atoms with Crippen LogP contribution in [0.15, 0.2) is 60.9 Å². The van der Waals surface area contributed by atoms with Crippen LogP contribution in [0.1, 0.15) is 42.6 Å². The fourth-order valence-electron chi connectivity index (χ4n) is 3.08. The molecule has 0 aliphatic heterocycles. The smallest absolute Gasteiger partial charge is 0.253 e. The van der Waals surface area contributed by atoms with Gasteiger partial charge in [-0.2, -0.15) is 0 Å². The maximum Gasteiger partial charge on any atom is 0.253 e. The summed E-state index contributed by atoms with van der Waals surface area (Å²) in [7, 11) is 0. The molecule has 1 N–H and O–H groups in total. The number of amides is 1. The van der Waals surface area contributed by atoms with E-state index in [4.69, 9.17) is 0 Å². The molecule has 0 aliphatic rings. The maximum atomic E-state index is 12.8. The van der Waals surface area contributed by atoms with Crippen LogP contribution >= 0.6 is 0 Å². The van der Waals surface area contributed by atoms with Gasteiger partial charge in [0.2, 0.25) is 5.95 Å². The number of carbonyl (C=O) groups excluding carboxylic acids is 1. The van der Waals surface area contributed by atoms with Crippen molar-refractivity contribution < 1.29 is 4.79 Å². The summed E-state index contributed by atoms with van der Waals surface area (Å²) in [5.41, 5.74) is 4.74. The van der Waals surface area contributed by atoms with Gasteiger partial charge in [-0.15, -0.1) is 0 Å². The highest BCUT2D eigenvalue weighted by atomic mass is 16.2. The molecular weight excluding hydrogens is 360 g/mol. The van der Waals surface area contributed by atoms with Gasteiger partial charge in [0.25, 0.3) is 5.91 Å². The van der Waals surface area contributed by atoms with Crippen LogP contribution in [0.4, 0.5) is 11.6 Å². The molecule has 1 amide bonds. The molecule has 0 fully saturated rings. The fourth-order valence-corrected chi connectivity index (χ4v) is 3.08. The Labute approximate surface area is 172 Å². The molecule has 3 rings (SSSR count). The van der Waals surface area contributed by atoms with Crippen molar-refractivity contribution in [2.45, 2.75) is 33.6 Å². The van der Waals surface area contributed by atoms with Gasteiger partial charge in [0.1, 0.15) is 0 Å². The quantitative estimate of drug-likeness (QED) is 0.557. The van der Waals surface area contributed by atoms with Gasteiger partial charge < -0.3 is 10.2 Å². The summed E-state index contributed by atoms with van der Waals surface area (Å²) in [6.45, 7) is 7.70. The predicted molar refractivity (Wildman–Crippen MR) is 118 cm³/mol. The first-order chi connectivity index (χ1) is 14.1. The zero-order chi connectivity index (χ0) is 20.6. The lowest BCUT2D eigenvalue weighted by Gasteiger charge is -2.21. The van der Waals surface area contributed by atoms with Crippen LogP contribution < -0.4 is 5.32 Å². The summed E-state index contributed by atoms with van der Waals surface area (Å²) < 4.78 is 0. The first kappa shape index (κ1) is 20.5. The molecule has 0 saturated heterocycles. The summed E-state index contributed by atoms with van der Waals surface area (Å²) >= 11 is 0. The van der Waals surface area contributed by atoms with Crippen molar-refractivity contribution in [2.75, 3.05) is 18.4 Å². The Morgan fingerprint density at radius 1 is 1.00 bits per heavy atom. The molecule has 150 valence electrons. The van der Waals surface area contributed by atoms with Crippen molar-refractivity contribution >= 4 is 17.5 Å². The first-order valence-corrected chi connectivity index (χ1v) is 10.2. The summed E-state index contributed by atoms with van der Waals surface area (Å²) in [6, 6.07) is 15.8. The van der Waals surface area contributed by atoms with Gasteiger partial charge in [0, 0.05) is 42.3 Å². The lowest BCUT2D eigenvalue weighted by atomic mass is 10.1. The number of carbonyl (C=O) groups is 1. The van der Waals surface area contributed by atoms with Crippen molar-refractivity contribution in [1.82, 2.24) is 14.9 Å². The van der Waals surface area contributed by atoms with Gasteiger partial charge in [-0.25, -0.2) is 9.97 Å². The second-order valence-electron chi connectivity index (χ2n) is 7.11. The first-order valence-electron chi connectivity index (χ1n) is 10.2. The fraction of sp³-hybridized carbons (Fsp3) is 0.292. The maximum absolute atomic E-state index is 12.8. The number of hydrogen-bond acceptors (Lipinski definition) is 4. The van der Waals surface area contributed by atoms with Crippen molar-refractivity contribution in [3.05, 3.63) is 72.1 Å². The Bertz CT molecular complexity index is 936. The van der Waals surface area contributed by atoms with E-state index in [9.17, 15) is 4.79 Å². The number of hydrogen-bond donors (Lipinski definition) is 1. The van der Waals surface area contributed by atoms with Gasteiger partial charge in [0.05, 0.1) is 0 Å². The minimum Gasteiger partial charge on any atom is -0.339 e. The van der Waals surface area contributed by atoms with E-state index in [2.05, 4.69) is 53.4 Å². The second kappa shape index (κ2) is 9.82. The standard InChI is InChI=1S/C24H28N4O/c1-4-6-14-28(5-2)23(29)20-8-7-9-22(15-20)27-24-25-16-21(17-26-24)19-12-10-18(3)11-13-19/h7-13,15-17H,4-6,14H2,1-3H3,(H,25,26,27).